The molecular formula is C12H25N3O2S. The van der Waals surface area contributed by atoms with Gasteiger partial charge in [-0.05, 0) is 31.4 Å². The highest BCUT2D eigenvalue weighted by molar-refractivity contribution is 7.99. The van der Waals surface area contributed by atoms with Gasteiger partial charge in [0.2, 0.25) is 5.91 Å². The second-order valence-corrected chi connectivity index (χ2v) is 5.91. The number of rotatable bonds is 8. The van der Waals surface area contributed by atoms with Gasteiger partial charge in [0.25, 0.3) is 0 Å². The smallest absolute Gasteiger partial charge is 0.321 e. The van der Waals surface area contributed by atoms with E-state index in [1.807, 2.05) is 6.92 Å². The molecule has 1 atom stereocenters. The van der Waals surface area contributed by atoms with E-state index in [0.29, 0.717) is 18.2 Å². The molecule has 0 radical (unpaired) electrons. The van der Waals surface area contributed by atoms with Gasteiger partial charge in [0.05, 0.1) is 5.75 Å². The molecule has 0 saturated heterocycles. The van der Waals surface area contributed by atoms with Crippen LogP contribution >= 0.6 is 11.8 Å². The van der Waals surface area contributed by atoms with E-state index in [9.17, 15) is 9.59 Å². The first-order valence-electron chi connectivity index (χ1n) is 6.32. The zero-order valence-electron chi connectivity index (χ0n) is 11.5. The summed E-state index contributed by atoms with van der Waals surface area (Å²) in [6.07, 6.45) is 1.78. The van der Waals surface area contributed by atoms with Crippen molar-refractivity contribution in [2.45, 2.75) is 39.7 Å². The van der Waals surface area contributed by atoms with Crippen LogP contribution in [-0.4, -0.2) is 36.0 Å². The zero-order chi connectivity index (χ0) is 14.0. The Labute approximate surface area is 114 Å². The molecule has 0 aromatic heterocycles. The average Bonchev–Trinajstić information content (AvgIpc) is 2.23. The number of urea groups is 1. The Morgan fingerprint density at radius 3 is 2.44 bits per heavy atom. The lowest BCUT2D eigenvalue weighted by atomic mass is 10.1. The largest absolute Gasteiger partial charge is 0.338 e. The molecule has 4 N–H and O–H groups in total. The van der Waals surface area contributed by atoms with Crippen LogP contribution in [0.3, 0.4) is 0 Å². The third-order valence-corrected chi connectivity index (χ3v) is 3.20. The number of hydrogen-bond acceptors (Lipinski definition) is 4. The third kappa shape index (κ3) is 11.7. The van der Waals surface area contributed by atoms with Gasteiger partial charge < -0.3 is 11.1 Å². The molecule has 0 aliphatic rings. The Balaban J connectivity index is 3.52. The van der Waals surface area contributed by atoms with E-state index in [1.54, 1.807) is 0 Å². The second-order valence-electron chi connectivity index (χ2n) is 4.81. The van der Waals surface area contributed by atoms with Gasteiger partial charge >= 0.3 is 6.03 Å². The number of carbonyl (C=O) groups excluding carboxylic acids is 2. The summed E-state index contributed by atoms with van der Waals surface area (Å²) < 4.78 is 0. The van der Waals surface area contributed by atoms with E-state index in [4.69, 9.17) is 5.73 Å². The van der Waals surface area contributed by atoms with E-state index in [-0.39, 0.29) is 11.9 Å². The summed E-state index contributed by atoms with van der Waals surface area (Å²) in [5.74, 6) is 1.41. The number of amides is 3. The van der Waals surface area contributed by atoms with Crippen LogP contribution in [0.15, 0.2) is 0 Å². The van der Waals surface area contributed by atoms with E-state index in [1.165, 1.54) is 11.8 Å². The van der Waals surface area contributed by atoms with E-state index < -0.39 is 6.03 Å². The summed E-state index contributed by atoms with van der Waals surface area (Å²) in [6.45, 7) is 6.69. The van der Waals surface area contributed by atoms with Crippen LogP contribution in [0.4, 0.5) is 4.79 Å². The fourth-order valence-corrected chi connectivity index (χ4v) is 2.06. The predicted molar refractivity (Wildman–Crippen MR) is 76.6 cm³/mol. The summed E-state index contributed by atoms with van der Waals surface area (Å²) in [7, 11) is 0. The Bertz CT molecular complexity index is 258. The fraction of sp³-hybridized carbons (Fsp3) is 0.833. The molecule has 0 fully saturated rings. The number of carbonyl (C=O) groups is 2. The van der Waals surface area contributed by atoms with Crippen LogP contribution in [0, 0.1) is 5.92 Å². The standard InChI is InChI=1S/C12H25N3O2S/c1-9(2)4-6-14-12(17)15-11(16)8-18-7-5-10(3)13/h9-10H,4-8,13H2,1-3H3,(H2,14,15,16,17). The monoisotopic (exact) mass is 275 g/mol. The summed E-state index contributed by atoms with van der Waals surface area (Å²) in [6, 6.07) is -0.256. The Morgan fingerprint density at radius 2 is 1.89 bits per heavy atom. The van der Waals surface area contributed by atoms with Gasteiger partial charge in [-0.2, -0.15) is 11.8 Å². The molecular weight excluding hydrogens is 250 g/mol. The first-order valence-corrected chi connectivity index (χ1v) is 7.48. The number of nitrogens with one attached hydrogen (secondary N) is 2. The summed E-state index contributed by atoms with van der Waals surface area (Å²) in [5.41, 5.74) is 5.59. The molecule has 5 nitrogen and oxygen atoms in total. The van der Waals surface area contributed by atoms with Crippen molar-refractivity contribution in [3.63, 3.8) is 0 Å². The highest BCUT2D eigenvalue weighted by Gasteiger charge is 2.07. The molecule has 0 heterocycles. The highest BCUT2D eigenvalue weighted by Crippen LogP contribution is 2.03. The topological polar surface area (TPSA) is 84.2 Å². The van der Waals surface area contributed by atoms with Crippen molar-refractivity contribution >= 4 is 23.7 Å². The minimum absolute atomic E-state index is 0.153. The maximum Gasteiger partial charge on any atom is 0.321 e. The van der Waals surface area contributed by atoms with Gasteiger partial charge in [-0.15, -0.1) is 0 Å². The summed E-state index contributed by atoms with van der Waals surface area (Å²) >= 11 is 1.49. The molecule has 0 aromatic carbocycles. The summed E-state index contributed by atoms with van der Waals surface area (Å²) in [5, 5.41) is 4.95. The van der Waals surface area contributed by atoms with Crippen molar-refractivity contribution in [1.29, 1.82) is 0 Å². The average molecular weight is 275 g/mol. The molecule has 3 amide bonds. The SMILES string of the molecule is CC(C)CCNC(=O)NC(=O)CSCCC(C)N. The second kappa shape index (κ2) is 10.2. The lowest BCUT2D eigenvalue weighted by molar-refractivity contribution is -0.117. The number of thioether (sulfide) groups is 1. The van der Waals surface area contributed by atoms with Gasteiger partial charge in [-0.25, -0.2) is 4.79 Å². The van der Waals surface area contributed by atoms with Crippen LogP contribution in [0.1, 0.15) is 33.6 Å². The maximum atomic E-state index is 11.4. The molecule has 1 unspecified atom stereocenters. The summed E-state index contributed by atoms with van der Waals surface area (Å²) in [4.78, 5) is 22.7. The van der Waals surface area contributed by atoms with Gasteiger partial charge in [0, 0.05) is 12.6 Å². The first-order chi connectivity index (χ1) is 8.41. The van der Waals surface area contributed by atoms with Crippen molar-refractivity contribution in [1.82, 2.24) is 10.6 Å². The van der Waals surface area contributed by atoms with Crippen molar-refractivity contribution in [3.05, 3.63) is 0 Å². The lowest BCUT2D eigenvalue weighted by Gasteiger charge is -2.08. The Hall–Kier alpha value is -0.750. The van der Waals surface area contributed by atoms with E-state index in [0.717, 1.165) is 18.6 Å². The minimum atomic E-state index is -0.409. The highest BCUT2D eigenvalue weighted by atomic mass is 32.2. The number of imide groups is 1. The van der Waals surface area contributed by atoms with Crippen LogP contribution in [0.25, 0.3) is 0 Å². The quantitative estimate of drug-likeness (QED) is 0.583. The van der Waals surface area contributed by atoms with Crippen LogP contribution in [0.5, 0.6) is 0 Å². The van der Waals surface area contributed by atoms with Gasteiger partial charge in [0.15, 0.2) is 0 Å². The Morgan fingerprint density at radius 1 is 1.22 bits per heavy atom. The predicted octanol–water partition coefficient (Wildman–Crippen LogP) is 1.33. The molecule has 0 aromatic rings. The molecule has 6 heteroatoms. The van der Waals surface area contributed by atoms with E-state index in [2.05, 4.69) is 24.5 Å². The number of nitrogens with two attached hydrogens (primary N) is 1. The first kappa shape index (κ1) is 17.2. The minimum Gasteiger partial charge on any atom is -0.338 e. The van der Waals surface area contributed by atoms with Crippen molar-refractivity contribution in [2.75, 3.05) is 18.1 Å². The third-order valence-electron chi connectivity index (χ3n) is 2.21. The maximum absolute atomic E-state index is 11.4. The van der Waals surface area contributed by atoms with Crippen LogP contribution < -0.4 is 16.4 Å². The van der Waals surface area contributed by atoms with E-state index >= 15 is 0 Å². The fourth-order valence-electron chi connectivity index (χ4n) is 1.12. The van der Waals surface area contributed by atoms with Crippen molar-refractivity contribution in [3.8, 4) is 0 Å². The van der Waals surface area contributed by atoms with Crippen LogP contribution in [0.2, 0.25) is 0 Å². The molecule has 0 rings (SSSR count). The molecule has 0 spiro atoms. The van der Waals surface area contributed by atoms with Gasteiger partial charge in [-0.3, -0.25) is 10.1 Å². The van der Waals surface area contributed by atoms with Crippen molar-refractivity contribution < 1.29 is 9.59 Å². The molecule has 0 saturated carbocycles. The lowest BCUT2D eigenvalue weighted by Crippen LogP contribution is -2.40. The number of hydrogen-bond donors (Lipinski definition) is 3. The normalized spacial score (nSPS) is 12.3. The molecule has 18 heavy (non-hydrogen) atoms. The van der Waals surface area contributed by atoms with Gasteiger partial charge in [0.1, 0.15) is 0 Å². The van der Waals surface area contributed by atoms with Crippen molar-refractivity contribution in [2.24, 2.45) is 11.7 Å². The molecule has 106 valence electrons. The molecule has 0 aliphatic heterocycles. The molecule has 0 aliphatic carbocycles. The van der Waals surface area contributed by atoms with Gasteiger partial charge in [-0.1, -0.05) is 13.8 Å². The van der Waals surface area contributed by atoms with Crippen LogP contribution in [-0.2, 0) is 4.79 Å². The molecule has 0 bridgehead atoms. The zero-order valence-corrected chi connectivity index (χ0v) is 12.3. The Kier molecular flexibility index (Phi) is 9.77.